The molecule has 0 heterocycles. The highest BCUT2D eigenvalue weighted by Gasteiger charge is 2.13. The van der Waals surface area contributed by atoms with Crippen LogP contribution in [0, 0.1) is 5.92 Å². The predicted octanol–water partition coefficient (Wildman–Crippen LogP) is 1.99. The summed E-state index contributed by atoms with van der Waals surface area (Å²) in [5.41, 5.74) is 12.9. The monoisotopic (exact) mass is 263 g/mol. The first-order valence-corrected chi connectivity index (χ1v) is 6.90. The fraction of sp³-hybridized carbons (Fsp3) is 0.533. The Morgan fingerprint density at radius 3 is 2.26 bits per heavy atom. The smallest absolute Gasteiger partial charge is 0.231 e. The van der Waals surface area contributed by atoms with E-state index in [0.29, 0.717) is 12.5 Å². The van der Waals surface area contributed by atoms with Crippen molar-refractivity contribution in [3.05, 3.63) is 29.8 Å². The van der Waals surface area contributed by atoms with Gasteiger partial charge in [0, 0.05) is 18.8 Å². The standard InChI is InChI=1S/C15H25N3O/c1-3-12(4-2)9-18(11-15(17)19)10-13-5-7-14(16)8-6-13/h5-8,12H,3-4,9-11,16H2,1-2H3,(H2,17,19). The minimum Gasteiger partial charge on any atom is -0.399 e. The molecule has 4 nitrogen and oxygen atoms in total. The molecule has 0 radical (unpaired) electrons. The Labute approximate surface area is 115 Å². The first-order valence-electron chi connectivity index (χ1n) is 6.90. The average molecular weight is 263 g/mol. The number of carbonyl (C=O) groups is 1. The van der Waals surface area contributed by atoms with E-state index >= 15 is 0 Å². The van der Waals surface area contributed by atoms with Gasteiger partial charge in [0.15, 0.2) is 0 Å². The molecule has 1 rings (SSSR count). The van der Waals surface area contributed by atoms with Crippen LogP contribution in [0.25, 0.3) is 0 Å². The largest absolute Gasteiger partial charge is 0.399 e. The summed E-state index contributed by atoms with van der Waals surface area (Å²) in [5.74, 6) is 0.328. The Bertz CT molecular complexity index is 385. The summed E-state index contributed by atoms with van der Waals surface area (Å²) in [6.45, 7) is 6.31. The van der Waals surface area contributed by atoms with Gasteiger partial charge < -0.3 is 11.5 Å². The molecule has 0 spiro atoms. The maximum absolute atomic E-state index is 11.2. The van der Waals surface area contributed by atoms with Crippen molar-refractivity contribution < 1.29 is 4.79 Å². The highest BCUT2D eigenvalue weighted by atomic mass is 16.1. The molecule has 106 valence electrons. The van der Waals surface area contributed by atoms with Crippen LogP contribution in [0.15, 0.2) is 24.3 Å². The third-order valence-electron chi connectivity index (χ3n) is 3.44. The van der Waals surface area contributed by atoms with Gasteiger partial charge in [0.25, 0.3) is 0 Å². The quantitative estimate of drug-likeness (QED) is 0.705. The zero-order valence-corrected chi connectivity index (χ0v) is 11.9. The number of hydrogen-bond donors (Lipinski definition) is 2. The second-order valence-corrected chi connectivity index (χ2v) is 5.06. The third kappa shape index (κ3) is 5.75. The molecule has 1 aromatic carbocycles. The van der Waals surface area contributed by atoms with Gasteiger partial charge in [-0.1, -0.05) is 38.8 Å². The lowest BCUT2D eigenvalue weighted by atomic mass is 10.0. The lowest BCUT2D eigenvalue weighted by molar-refractivity contribution is -0.119. The summed E-state index contributed by atoms with van der Waals surface area (Å²) >= 11 is 0. The molecule has 1 aromatic rings. The molecule has 4 heteroatoms. The minimum absolute atomic E-state index is 0.276. The first-order chi connectivity index (χ1) is 9.05. The number of hydrogen-bond acceptors (Lipinski definition) is 3. The Kier molecular flexibility index (Phi) is 6.36. The molecule has 0 unspecified atom stereocenters. The lowest BCUT2D eigenvalue weighted by Crippen LogP contribution is -2.36. The van der Waals surface area contributed by atoms with Crippen molar-refractivity contribution in [1.29, 1.82) is 0 Å². The fourth-order valence-electron chi connectivity index (χ4n) is 2.20. The van der Waals surface area contributed by atoms with Crippen LogP contribution < -0.4 is 11.5 Å². The van der Waals surface area contributed by atoms with E-state index in [2.05, 4.69) is 18.7 Å². The van der Waals surface area contributed by atoms with E-state index in [1.165, 1.54) is 0 Å². The van der Waals surface area contributed by atoms with Crippen molar-refractivity contribution in [2.45, 2.75) is 33.2 Å². The van der Waals surface area contributed by atoms with E-state index in [-0.39, 0.29) is 5.91 Å². The molecule has 4 N–H and O–H groups in total. The average Bonchev–Trinajstić information content (AvgIpc) is 2.37. The molecule has 19 heavy (non-hydrogen) atoms. The maximum Gasteiger partial charge on any atom is 0.231 e. The van der Waals surface area contributed by atoms with Gasteiger partial charge in [-0.05, 0) is 23.6 Å². The molecule has 0 aliphatic rings. The summed E-state index contributed by atoms with van der Waals surface area (Å²) in [5, 5.41) is 0. The Morgan fingerprint density at radius 1 is 1.21 bits per heavy atom. The Balaban J connectivity index is 2.67. The number of primary amides is 1. The molecular formula is C15H25N3O. The SMILES string of the molecule is CCC(CC)CN(CC(N)=O)Cc1ccc(N)cc1. The Morgan fingerprint density at radius 2 is 1.79 bits per heavy atom. The highest BCUT2D eigenvalue weighted by molar-refractivity contribution is 5.75. The van der Waals surface area contributed by atoms with E-state index in [1.807, 2.05) is 24.3 Å². The zero-order chi connectivity index (χ0) is 14.3. The molecule has 0 saturated carbocycles. The summed E-state index contributed by atoms with van der Waals surface area (Å²) in [7, 11) is 0. The second-order valence-electron chi connectivity index (χ2n) is 5.06. The van der Waals surface area contributed by atoms with Crippen molar-refractivity contribution in [3.8, 4) is 0 Å². The first kappa shape index (κ1) is 15.5. The summed E-state index contributed by atoms with van der Waals surface area (Å²) in [4.78, 5) is 13.3. The van der Waals surface area contributed by atoms with E-state index < -0.39 is 0 Å². The van der Waals surface area contributed by atoms with Gasteiger partial charge in [-0.15, -0.1) is 0 Å². The van der Waals surface area contributed by atoms with Gasteiger partial charge in [-0.25, -0.2) is 0 Å². The normalized spacial score (nSPS) is 11.2. The molecule has 0 aromatic heterocycles. The number of nitrogen functional groups attached to an aromatic ring is 1. The van der Waals surface area contributed by atoms with Crippen molar-refractivity contribution in [2.75, 3.05) is 18.8 Å². The number of amides is 1. The van der Waals surface area contributed by atoms with E-state index in [1.54, 1.807) is 0 Å². The van der Waals surface area contributed by atoms with Crippen molar-refractivity contribution in [2.24, 2.45) is 11.7 Å². The zero-order valence-electron chi connectivity index (χ0n) is 11.9. The van der Waals surface area contributed by atoms with E-state index in [4.69, 9.17) is 11.5 Å². The molecule has 0 atom stereocenters. The number of carbonyl (C=O) groups excluding carboxylic acids is 1. The van der Waals surface area contributed by atoms with Gasteiger partial charge in [0.2, 0.25) is 5.91 Å². The van der Waals surface area contributed by atoms with Crippen LogP contribution in [0.2, 0.25) is 0 Å². The fourth-order valence-corrected chi connectivity index (χ4v) is 2.20. The predicted molar refractivity (Wildman–Crippen MR) is 79.4 cm³/mol. The topological polar surface area (TPSA) is 72.3 Å². The van der Waals surface area contributed by atoms with E-state index in [0.717, 1.165) is 37.2 Å². The van der Waals surface area contributed by atoms with Crippen molar-refractivity contribution >= 4 is 11.6 Å². The molecule has 1 amide bonds. The number of benzene rings is 1. The van der Waals surface area contributed by atoms with Gasteiger partial charge in [0.1, 0.15) is 0 Å². The summed E-state index contributed by atoms with van der Waals surface area (Å²) in [6, 6.07) is 7.76. The minimum atomic E-state index is -0.276. The maximum atomic E-state index is 11.2. The number of anilines is 1. The third-order valence-corrected chi connectivity index (χ3v) is 3.44. The van der Waals surface area contributed by atoms with Crippen LogP contribution in [0.5, 0.6) is 0 Å². The van der Waals surface area contributed by atoms with Crippen LogP contribution in [0.4, 0.5) is 5.69 Å². The van der Waals surface area contributed by atoms with Crippen LogP contribution in [0.1, 0.15) is 32.3 Å². The lowest BCUT2D eigenvalue weighted by Gasteiger charge is -2.25. The number of nitrogens with zero attached hydrogens (tertiary/aromatic N) is 1. The molecule has 0 saturated heterocycles. The van der Waals surface area contributed by atoms with Gasteiger partial charge in [-0.3, -0.25) is 9.69 Å². The molecule has 0 aliphatic heterocycles. The van der Waals surface area contributed by atoms with Crippen molar-refractivity contribution in [1.82, 2.24) is 4.90 Å². The van der Waals surface area contributed by atoms with Crippen molar-refractivity contribution in [3.63, 3.8) is 0 Å². The number of rotatable bonds is 8. The molecule has 0 aliphatic carbocycles. The Hall–Kier alpha value is -1.55. The summed E-state index contributed by atoms with van der Waals surface area (Å²) in [6.07, 6.45) is 2.24. The second kappa shape index (κ2) is 7.79. The number of nitrogens with two attached hydrogens (primary N) is 2. The van der Waals surface area contributed by atoms with E-state index in [9.17, 15) is 4.79 Å². The molecule has 0 fully saturated rings. The summed E-state index contributed by atoms with van der Waals surface area (Å²) < 4.78 is 0. The molecular weight excluding hydrogens is 238 g/mol. The van der Waals surface area contributed by atoms with Gasteiger partial charge in [-0.2, -0.15) is 0 Å². The van der Waals surface area contributed by atoms with Crippen LogP contribution in [0.3, 0.4) is 0 Å². The van der Waals surface area contributed by atoms with Crippen LogP contribution in [-0.4, -0.2) is 23.9 Å². The van der Waals surface area contributed by atoms with Crippen LogP contribution >= 0.6 is 0 Å². The van der Waals surface area contributed by atoms with Gasteiger partial charge in [0.05, 0.1) is 6.54 Å². The van der Waals surface area contributed by atoms with Crippen LogP contribution in [-0.2, 0) is 11.3 Å². The van der Waals surface area contributed by atoms with Gasteiger partial charge >= 0.3 is 0 Å². The molecule has 0 bridgehead atoms. The highest BCUT2D eigenvalue weighted by Crippen LogP contribution is 2.13.